The van der Waals surface area contributed by atoms with Gasteiger partial charge in [-0.2, -0.15) is 0 Å². The van der Waals surface area contributed by atoms with Crippen LogP contribution in [-0.4, -0.2) is 24.8 Å². The average molecular weight is 200 g/mol. The Morgan fingerprint density at radius 1 is 1.43 bits per heavy atom. The van der Waals surface area contributed by atoms with Crippen molar-refractivity contribution in [3.8, 4) is 0 Å². The van der Waals surface area contributed by atoms with Crippen LogP contribution in [0, 0.1) is 5.92 Å². The normalized spacial score (nSPS) is 18.2. The maximum Gasteiger partial charge on any atom is 0.333 e. The molecule has 1 aliphatic heterocycles. The van der Waals surface area contributed by atoms with E-state index in [0.29, 0.717) is 18.8 Å². The lowest BCUT2D eigenvalue weighted by atomic mass is 9.92. The minimum atomic E-state index is -0.577. The minimum absolute atomic E-state index is 0.0748. The molecular weight excluding hydrogens is 184 g/mol. The lowest BCUT2D eigenvalue weighted by molar-refractivity contribution is -0.248. The summed E-state index contributed by atoms with van der Waals surface area (Å²) in [5.74, 6) is -0.298. The molecule has 0 N–H and O–H groups in total. The Bertz CT molecular complexity index is 239. The molecular formula is C10H16O4. The summed E-state index contributed by atoms with van der Waals surface area (Å²) in [6.45, 7) is 9.75. The Kier molecular flexibility index (Phi) is 3.29. The van der Waals surface area contributed by atoms with Crippen molar-refractivity contribution in [3.05, 3.63) is 12.2 Å². The van der Waals surface area contributed by atoms with Crippen LogP contribution in [0.1, 0.15) is 20.8 Å². The molecule has 0 saturated carbocycles. The summed E-state index contributed by atoms with van der Waals surface area (Å²) < 4.78 is 5.28. The van der Waals surface area contributed by atoms with Crippen molar-refractivity contribution in [3.63, 3.8) is 0 Å². The smallest absolute Gasteiger partial charge is 0.333 e. The van der Waals surface area contributed by atoms with Gasteiger partial charge in [0, 0.05) is 5.57 Å². The minimum Gasteiger partial charge on any atom is -0.456 e. The van der Waals surface area contributed by atoms with E-state index in [1.165, 1.54) is 0 Å². The third-order valence-electron chi connectivity index (χ3n) is 2.31. The van der Waals surface area contributed by atoms with Gasteiger partial charge in [-0.3, -0.25) is 0 Å². The Labute approximate surface area is 83.8 Å². The monoisotopic (exact) mass is 200 g/mol. The zero-order valence-corrected chi connectivity index (χ0v) is 8.83. The van der Waals surface area contributed by atoms with Gasteiger partial charge in [-0.05, 0) is 20.8 Å². The molecule has 0 aliphatic carbocycles. The molecule has 0 radical (unpaired) electrons. The van der Waals surface area contributed by atoms with Crippen LogP contribution in [-0.2, 0) is 19.3 Å². The summed E-state index contributed by atoms with van der Waals surface area (Å²) in [4.78, 5) is 20.9. The van der Waals surface area contributed by atoms with Crippen molar-refractivity contribution in [1.29, 1.82) is 0 Å². The highest BCUT2D eigenvalue weighted by molar-refractivity contribution is 5.87. The van der Waals surface area contributed by atoms with Gasteiger partial charge in [0.2, 0.25) is 0 Å². The van der Waals surface area contributed by atoms with Crippen LogP contribution in [0.5, 0.6) is 0 Å². The lowest BCUT2D eigenvalue weighted by Gasteiger charge is -2.29. The van der Waals surface area contributed by atoms with Gasteiger partial charge in [0.1, 0.15) is 5.60 Å². The van der Waals surface area contributed by atoms with E-state index in [0.717, 1.165) is 0 Å². The molecule has 0 atom stereocenters. The highest BCUT2D eigenvalue weighted by Crippen LogP contribution is 2.26. The summed E-state index contributed by atoms with van der Waals surface area (Å²) in [6.07, 6.45) is 0. The van der Waals surface area contributed by atoms with E-state index < -0.39 is 5.60 Å². The predicted molar refractivity (Wildman–Crippen MR) is 50.4 cm³/mol. The first-order valence-corrected chi connectivity index (χ1v) is 4.57. The van der Waals surface area contributed by atoms with Gasteiger partial charge in [0.05, 0.1) is 19.1 Å². The van der Waals surface area contributed by atoms with Crippen LogP contribution in [0.15, 0.2) is 12.2 Å². The van der Waals surface area contributed by atoms with E-state index in [4.69, 9.17) is 14.5 Å². The van der Waals surface area contributed by atoms with Gasteiger partial charge in [-0.1, -0.05) is 6.58 Å². The molecule has 0 bridgehead atoms. The number of carbonyl (C=O) groups is 1. The van der Waals surface area contributed by atoms with Crippen LogP contribution >= 0.6 is 0 Å². The average Bonchev–Trinajstić information content (AvgIpc) is 2.54. The molecule has 0 amide bonds. The van der Waals surface area contributed by atoms with Crippen molar-refractivity contribution in [1.82, 2.24) is 0 Å². The van der Waals surface area contributed by atoms with Crippen molar-refractivity contribution < 1.29 is 19.3 Å². The summed E-state index contributed by atoms with van der Waals surface area (Å²) in [5.41, 5.74) is -0.176. The Balaban J connectivity index is 2.56. The van der Waals surface area contributed by atoms with Crippen LogP contribution < -0.4 is 0 Å². The molecule has 1 saturated heterocycles. The van der Waals surface area contributed by atoms with E-state index in [-0.39, 0.29) is 11.9 Å². The Morgan fingerprint density at radius 3 is 2.36 bits per heavy atom. The number of rotatable bonds is 3. The fourth-order valence-electron chi connectivity index (χ4n) is 1.12. The summed E-state index contributed by atoms with van der Waals surface area (Å²) >= 11 is 0. The molecule has 0 aromatic heterocycles. The van der Waals surface area contributed by atoms with Gasteiger partial charge in [-0.15, -0.1) is 0 Å². The first-order valence-electron chi connectivity index (χ1n) is 4.57. The van der Waals surface area contributed by atoms with Gasteiger partial charge in [-0.25, -0.2) is 14.6 Å². The second-order valence-corrected chi connectivity index (χ2v) is 4.04. The first-order chi connectivity index (χ1) is 6.43. The second kappa shape index (κ2) is 4.11. The molecule has 80 valence electrons. The molecule has 1 fully saturated rings. The number of hydrogen-bond acceptors (Lipinski definition) is 4. The van der Waals surface area contributed by atoms with E-state index in [9.17, 15) is 4.79 Å². The van der Waals surface area contributed by atoms with Crippen LogP contribution in [0.3, 0.4) is 0 Å². The van der Waals surface area contributed by atoms with Gasteiger partial charge < -0.3 is 4.74 Å². The summed E-state index contributed by atoms with van der Waals surface area (Å²) in [6, 6.07) is 0. The molecule has 4 heteroatoms. The molecule has 1 rings (SSSR count). The summed E-state index contributed by atoms with van der Waals surface area (Å²) in [7, 11) is 0. The topological polar surface area (TPSA) is 44.8 Å². The maximum atomic E-state index is 11.3. The zero-order chi connectivity index (χ0) is 10.8. The van der Waals surface area contributed by atoms with E-state index in [2.05, 4.69) is 6.58 Å². The van der Waals surface area contributed by atoms with Crippen LogP contribution in [0.25, 0.3) is 0 Å². The molecule has 4 nitrogen and oxygen atoms in total. The number of carbonyl (C=O) groups excluding carboxylic acids is 1. The molecule has 0 unspecified atom stereocenters. The fourth-order valence-corrected chi connectivity index (χ4v) is 1.12. The SMILES string of the molecule is C=C(C)C(=O)OC(C)(C)C1COOC1. The lowest BCUT2D eigenvalue weighted by Crippen LogP contribution is -2.38. The van der Waals surface area contributed by atoms with Crippen molar-refractivity contribution in [2.45, 2.75) is 26.4 Å². The van der Waals surface area contributed by atoms with Crippen molar-refractivity contribution in [2.24, 2.45) is 5.92 Å². The second-order valence-electron chi connectivity index (χ2n) is 4.04. The molecule has 1 aliphatic rings. The van der Waals surface area contributed by atoms with E-state index >= 15 is 0 Å². The van der Waals surface area contributed by atoms with E-state index in [1.807, 2.05) is 13.8 Å². The van der Waals surface area contributed by atoms with Crippen molar-refractivity contribution in [2.75, 3.05) is 13.2 Å². The molecule has 0 spiro atoms. The highest BCUT2D eigenvalue weighted by atomic mass is 17.2. The Hall–Kier alpha value is -0.870. The zero-order valence-electron chi connectivity index (χ0n) is 8.83. The number of ether oxygens (including phenoxy) is 1. The molecule has 1 heterocycles. The number of hydrogen-bond donors (Lipinski definition) is 0. The predicted octanol–water partition coefficient (Wildman–Crippen LogP) is 1.46. The quantitative estimate of drug-likeness (QED) is 0.393. The van der Waals surface area contributed by atoms with Gasteiger partial charge in [0.25, 0.3) is 0 Å². The molecule has 0 aromatic carbocycles. The third kappa shape index (κ3) is 2.56. The standard InChI is InChI=1S/C10H16O4/c1-7(2)9(11)14-10(3,4)8-5-12-13-6-8/h8H,1,5-6H2,2-4H3. The highest BCUT2D eigenvalue weighted by Gasteiger charge is 2.37. The molecule has 14 heavy (non-hydrogen) atoms. The largest absolute Gasteiger partial charge is 0.456 e. The Morgan fingerprint density at radius 2 is 1.93 bits per heavy atom. The summed E-state index contributed by atoms with van der Waals surface area (Å²) in [5, 5.41) is 0. The van der Waals surface area contributed by atoms with Gasteiger partial charge in [0.15, 0.2) is 0 Å². The van der Waals surface area contributed by atoms with Crippen LogP contribution in [0.2, 0.25) is 0 Å². The maximum absolute atomic E-state index is 11.3. The van der Waals surface area contributed by atoms with Gasteiger partial charge >= 0.3 is 5.97 Å². The van der Waals surface area contributed by atoms with Crippen LogP contribution in [0.4, 0.5) is 0 Å². The molecule has 0 aromatic rings. The van der Waals surface area contributed by atoms with E-state index in [1.54, 1.807) is 6.92 Å². The number of esters is 1. The first kappa shape index (κ1) is 11.2. The third-order valence-corrected chi connectivity index (χ3v) is 2.31. The fraction of sp³-hybridized carbons (Fsp3) is 0.700. The van der Waals surface area contributed by atoms with Crippen molar-refractivity contribution >= 4 is 5.97 Å².